The molecule has 2 aromatic carbocycles. The Kier molecular flexibility index (Phi) is 3.98. The van der Waals surface area contributed by atoms with Crippen LogP contribution in [0.4, 0.5) is 0 Å². The zero-order valence-corrected chi connectivity index (χ0v) is 11.3. The van der Waals surface area contributed by atoms with Crippen molar-refractivity contribution in [2.45, 2.75) is 0 Å². The Morgan fingerprint density at radius 2 is 1.00 bits per heavy atom. The van der Waals surface area contributed by atoms with Gasteiger partial charge in [-0.25, -0.2) is 9.97 Å². The summed E-state index contributed by atoms with van der Waals surface area (Å²) in [5.74, 6) is 0. The predicted octanol–water partition coefficient (Wildman–Crippen LogP) is 2.50. The van der Waals surface area contributed by atoms with E-state index in [0.717, 1.165) is 22.1 Å². The van der Waals surface area contributed by atoms with Crippen LogP contribution < -0.4 is 0 Å². The van der Waals surface area contributed by atoms with Crippen LogP contribution in [0, 0.1) is 0 Å². The second kappa shape index (κ2) is 5.52. The molecule has 3 rings (SSSR count). The summed E-state index contributed by atoms with van der Waals surface area (Å²) < 4.78 is 25.5. The van der Waals surface area contributed by atoms with E-state index < -0.39 is 9.15 Å². The molecule has 19 heavy (non-hydrogen) atoms. The Balaban J connectivity index is 0.000000232. The van der Waals surface area contributed by atoms with Gasteiger partial charge in [0.05, 0.1) is 22.1 Å². The van der Waals surface area contributed by atoms with Crippen molar-refractivity contribution < 1.29 is 13.0 Å². The molecule has 3 aromatic rings. The molecule has 0 atom stereocenters. The van der Waals surface area contributed by atoms with E-state index in [4.69, 9.17) is 13.0 Å². The number of thiol groups is 1. The van der Waals surface area contributed by atoms with Gasteiger partial charge in [-0.1, -0.05) is 24.3 Å². The van der Waals surface area contributed by atoms with Crippen molar-refractivity contribution in [3.8, 4) is 0 Å². The van der Waals surface area contributed by atoms with Gasteiger partial charge in [0.15, 0.2) is 0 Å². The molecule has 98 valence electrons. The first-order valence-corrected chi connectivity index (χ1v) is 7.74. The first-order valence-electron chi connectivity index (χ1n) is 5.25. The molecule has 0 bridgehead atoms. The minimum absolute atomic E-state index is 0.950. The summed E-state index contributed by atoms with van der Waals surface area (Å²) in [5, 5.41) is 0. The van der Waals surface area contributed by atoms with Gasteiger partial charge in [-0.2, -0.15) is 8.42 Å². The molecule has 0 fully saturated rings. The molecule has 0 aliphatic heterocycles. The third-order valence-corrected chi connectivity index (χ3v) is 2.25. The standard InChI is InChI=1S/C12H8N2.H2O3S2/c1-2-6-10-9(5-1)13-11-7-3-4-8-12(11)14-10;1-5(2,3)4/h1-8H;(H2,1,2,3,4). The van der Waals surface area contributed by atoms with Crippen molar-refractivity contribution in [2.75, 3.05) is 0 Å². The molecule has 0 aliphatic rings. The minimum Gasteiger partial charge on any atom is -0.277 e. The lowest BCUT2D eigenvalue weighted by molar-refractivity contribution is 0.503. The molecular weight excluding hydrogens is 284 g/mol. The van der Waals surface area contributed by atoms with Crippen molar-refractivity contribution in [2.24, 2.45) is 0 Å². The van der Waals surface area contributed by atoms with Crippen molar-refractivity contribution in [1.82, 2.24) is 9.97 Å². The number of nitrogens with zero attached hydrogens (tertiary/aromatic N) is 2. The molecular formula is C12H10N2O3S2. The zero-order chi connectivity index (χ0) is 13.9. The van der Waals surface area contributed by atoms with Gasteiger partial charge in [0.1, 0.15) is 0 Å². The smallest absolute Gasteiger partial charge is 0.277 e. The fraction of sp³-hybridized carbons (Fsp3) is 0. The fourth-order valence-corrected chi connectivity index (χ4v) is 1.57. The van der Waals surface area contributed by atoms with E-state index >= 15 is 0 Å². The second-order valence-electron chi connectivity index (χ2n) is 3.65. The third kappa shape index (κ3) is 4.16. The molecule has 0 radical (unpaired) electrons. The molecule has 0 amide bonds. The second-order valence-corrected chi connectivity index (χ2v) is 5.93. The van der Waals surface area contributed by atoms with Crippen molar-refractivity contribution in [3.63, 3.8) is 0 Å². The molecule has 5 nitrogen and oxygen atoms in total. The van der Waals surface area contributed by atoms with E-state index in [2.05, 4.69) is 21.6 Å². The van der Waals surface area contributed by atoms with Gasteiger partial charge in [-0.15, -0.1) is 0 Å². The van der Waals surface area contributed by atoms with E-state index in [1.165, 1.54) is 0 Å². The van der Waals surface area contributed by atoms with Crippen LogP contribution in [0.15, 0.2) is 48.5 Å². The average Bonchev–Trinajstić information content (AvgIpc) is 2.34. The van der Waals surface area contributed by atoms with E-state index in [-0.39, 0.29) is 0 Å². The number of hydrogen-bond acceptors (Lipinski definition) is 4. The molecule has 0 unspecified atom stereocenters. The van der Waals surface area contributed by atoms with Crippen LogP contribution >= 0.6 is 11.7 Å². The summed E-state index contributed by atoms with van der Waals surface area (Å²) in [4.78, 5) is 9.03. The van der Waals surface area contributed by atoms with E-state index in [1.54, 1.807) is 0 Å². The number of para-hydroxylation sites is 4. The van der Waals surface area contributed by atoms with Crippen LogP contribution in [-0.4, -0.2) is 22.9 Å². The summed E-state index contributed by atoms with van der Waals surface area (Å²) in [6.45, 7) is 0. The Morgan fingerprint density at radius 3 is 1.21 bits per heavy atom. The highest BCUT2D eigenvalue weighted by atomic mass is 33.1. The zero-order valence-electron chi connectivity index (χ0n) is 9.63. The molecule has 1 aromatic heterocycles. The topological polar surface area (TPSA) is 80.2 Å². The van der Waals surface area contributed by atoms with Crippen molar-refractivity contribution in [1.29, 1.82) is 0 Å². The van der Waals surface area contributed by atoms with Gasteiger partial charge in [0.25, 0.3) is 0 Å². The summed E-state index contributed by atoms with van der Waals surface area (Å²) >= 11 is 2.65. The maximum atomic E-state index is 9.05. The normalized spacial score (nSPS) is 11.1. The maximum Gasteiger partial charge on any atom is 0.316 e. The summed E-state index contributed by atoms with van der Waals surface area (Å²) in [6, 6.07) is 15.8. The van der Waals surface area contributed by atoms with Crippen LogP contribution in [0.25, 0.3) is 22.1 Å². The predicted molar refractivity (Wildman–Crippen MR) is 77.6 cm³/mol. The summed E-state index contributed by atoms with van der Waals surface area (Å²) in [6.07, 6.45) is 0. The van der Waals surface area contributed by atoms with Gasteiger partial charge < -0.3 is 0 Å². The van der Waals surface area contributed by atoms with Crippen LogP contribution in [0.3, 0.4) is 0 Å². The van der Waals surface area contributed by atoms with Gasteiger partial charge >= 0.3 is 9.15 Å². The van der Waals surface area contributed by atoms with E-state index in [9.17, 15) is 0 Å². The number of aromatic nitrogens is 2. The summed E-state index contributed by atoms with van der Waals surface area (Å²) in [7, 11) is -3.97. The lowest BCUT2D eigenvalue weighted by Crippen LogP contribution is -1.85. The third-order valence-electron chi connectivity index (χ3n) is 2.25. The number of fused-ring (bicyclic) bond motifs is 2. The van der Waals surface area contributed by atoms with Crippen LogP contribution in [-0.2, 0) is 9.15 Å². The molecule has 1 heterocycles. The van der Waals surface area contributed by atoms with Crippen molar-refractivity contribution in [3.05, 3.63) is 48.5 Å². The quantitative estimate of drug-likeness (QED) is 0.288. The van der Waals surface area contributed by atoms with Crippen LogP contribution in [0.5, 0.6) is 0 Å². The minimum atomic E-state index is -3.97. The van der Waals surface area contributed by atoms with E-state index in [1.807, 2.05) is 48.5 Å². The van der Waals surface area contributed by atoms with E-state index in [0.29, 0.717) is 0 Å². The number of hydrogen-bond donors (Lipinski definition) is 2. The van der Waals surface area contributed by atoms with Gasteiger partial charge in [-0.05, 0) is 35.9 Å². The average molecular weight is 294 g/mol. The molecule has 0 aliphatic carbocycles. The van der Waals surface area contributed by atoms with Crippen LogP contribution in [0.2, 0.25) is 0 Å². The Morgan fingerprint density at radius 1 is 0.789 bits per heavy atom. The molecule has 0 saturated carbocycles. The van der Waals surface area contributed by atoms with Gasteiger partial charge in [-0.3, -0.25) is 4.55 Å². The Bertz CT molecular complexity index is 706. The molecule has 0 saturated heterocycles. The van der Waals surface area contributed by atoms with Crippen LogP contribution in [0.1, 0.15) is 0 Å². The summed E-state index contributed by atoms with van der Waals surface area (Å²) in [5.41, 5.74) is 3.80. The van der Waals surface area contributed by atoms with Crippen molar-refractivity contribution >= 4 is 42.9 Å². The number of benzene rings is 2. The SMILES string of the molecule is O=S(=O)(O)S.c1ccc2nc3ccccc3nc2c1. The monoisotopic (exact) mass is 294 g/mol. The Labute approximate surface area is 114 Å². The maximum absolute atomic E-state index is 9.05. The van der Waals surface area contributed by atoms with Gasteiger partial charge in [0, 0.05) is 0 Å². The molecule has 1 N–H and O–H groups in total. The molecule has 0 spiro atoms. The lowest BCUT2D eigenvalue weighted by atomic mass is 10.2. The number of rotatable bonds is 0. The highest BCUT2D eigenvalue weighted by Crippen LogP contribution is 2.14. The first-order chi connectivity index (χ1) is 8.93. The Hall–Kier alpha value is -1.70. The largest absolute Gasteiger partial charge is 0.316 e. The first kappa shape index (κ1) is 13.7. The lowest BCUT2D eigenvalue weighted by Gasteiger charge is -1.98. The highest BCUT2D eigenvalue weighted by molar-refractivity contribution is 8.61. The highest BCUT2D eigenvalue weighted by Gasteiger charge is 1.98. The van der Waals surface area contributed by atoms with Gasteiger partial charge in [0.2, 0.25) is 0 Å². The fourth-order valence-electron chi connectivity index (χ4n) is 1.57. The molecule has 7 heteroatoms.